The average Bonchev–Trinajstić information content (AvgIpc) is 2.74. The van der Waals surface area contributed by atoms with Crippen molar-refractivity contribution in [3.05, 3.63) is 81.2 Å². The Morgan fingerprint density at radius 3 is 2.59 bits per heavy atom. The molecule has 2 aromatic carbocycles. The standard InChI is InChI=1S/C24H27ClN6O/c1-15(2)29-23-24(32)31(20(21(25)30-23)18-7-5-8-19(26)14-18)13-4-3-6-16-9-11-17(12-10-16)22(27)28/h3,5-12,14-15H,4,13,26H2,1-2H3,(H3,27,28)(H,29,30). The maximum Gasteiger partial charge on any atom is 0.293 e. The molecule has 1 aromatic heterocycles. The topological polar surface area (TPSA) is 123 Å². The van der Waals surface area contributed by atoms with E-state index in [0.717, 1.165) is 11.1 Å². The number of halogens is 1. The van der Waals surface area contributed by atoms with Gasteiger partial charge in [0.25, 0.3) is 5.56 Å². The van der Waals surface area contributed by atoms with Crippen LogP contribution < -0.4 is 22.3 Å². The first-order valence-electron chi connectivity index (χ1n) is 10.3. The summed E-state index contributed by atoms with van der Waals surface area (Å²) in [6.07, 6.45) is 4.55. The van der Waals surface area contributed by atoms with Gasteiger partial charge in [-0.1, -0.05) is 60.2 Å². The molecule has 7 nitrogen and oxygen atoms in total. The number of allylic oxidation sites excluding steroid dienone is 1. The number of anilines is 2. The summed E-state index contributed by atoms with van der Waals surface area (Å²) >= 11 is 6.53. The van der Waals surface area contributed by atoms with Crippen LogP contribution in [0.3, 0.4) is 0 Å². The highest BCUT2D eigenvalue weighted by molar-refractivity contribution is 6.32. The van der Waals surface area contributed by atoms with Crippen LogP contribution in [0.1, 0.15) is 31.4 Å². The van der Waals surface area contributed by atoms with E-state index in [0.29, 0.717) is 29.9 Å². The van der Waals surface area contributed by atoms with E-state index in [9.17, 15) is 4.79 Å². The second kappa shape index (κ2) is 10.2. The van der Waals surface area contributed by atoms with Gasteiger partial charge >= 0.3 is 0 Å². The molecule has 0 aliphatic heterocycles. The molecule has 0 radical (unpaired) electrons. The van der Waals surface area contributed by atoms with Gasteiger partial charge in [0.2, 0.25) is 0 Å². The van der Waals surface area contributed by atoms with Gasteiger partial charge in [-0.15, -0.1) is 0 Å². The molecular formula is C24H27ClN6O. The molecule has 0 bridgehead atoms. The fraction of sp³-hybridized carbons (Fsp3) is 0.208. The Labute approximate surface area is 192 Å². The minimum atomic E-state index is -0.236. The molecule has 3 rings (SSSR count). The molecule has 0 amide bonds. The van der Waals surface area contributed by atoms with Crippen LogP contribution in [0.5, 0.6) is 0 Å². The van der Waals surface area contributed by atoms with Gasteiger partial charge in [0.15, 0.2) is 11.0 Å². The van der Waals surface area contributed by atoms with Crippen LogP contribution in [0.4, 0.5) is 11.5 Å². The van der Waals surface area contributed by atoms with E-state index in [1.165, 1.54) is 0 Å². The second-order valence-electron chi connectivity index (χ2n) is 7.71. The number of aromatic nitrogens is 2. The zero-order valence-corrected chi connectivity index (χ0v) is 18.9. The van der Waals surface area contributed by atoms with Gasteiger partial charge in [-0.3, -0.25) is 10.2 Å². The molecule has 6 N–H and O–H groups in total. The Kier molecular flexibility index (Phi) is 7.33. The quantitative estimate of drug-likeness (QED) is 0.231. The average molecular weight is 451 g/mol. The van der Waals surface area contributed by atoms with E-state index >= 15 is 0 Å². The maximum absolute atomic E-state index is 13.2. The van der Waals surface area contributed by atoms with E-state index < -0.39 is 0 Å². The third-order valence-electron chi connectivity index (χ3n) is 4.76. The summed E-state index contributed by atoms with van der Waals surface area (Å²) < 4.78 is 1.64. The molecule has 0 unspecified atom stereocenters. The summed E-state index contributed by atoms with van der Waals surface area (Å²) in [5, 5.41) is 10.8. The molecule has 0 saturated carbocycles. The first kappa shape index (κ1) is 23.1. The minimum absolute atomic E-state index is 0.0364. The first-order chi connectivity index (χ1) is 15.3. The van der Waals surface area contributed by atoms with Crippen LogP contribution in [-0.4, -0.2) is 21.4 Å². The zero-order chi connectivity index (χ0) is 23.3. The molecule has 32 heavy (non-hydrogen) atoms. The maximum atomic E-state index is 13.2. The van der Waals surface area contributed by atoms with Crippen molar-refractivity contribution in [2.45, 2.75) is 32.9 Å². The predicted molar refractivity (Wildman–Crippen MR) is 133 cm³/mol. The molecule has 8 heteroatoms. The van der Waals surface area contributed by atoms with Crippen LogP contribution in [0.25, 0.3) is 17.3 Å². The Balaban J connectivity index is 1.91. The van der Waals surface area contributed by atoms with Gasteiger partial charge in [0, 0.05) is 29.4 Å². The Morgan fingerprint density at radius 2 is 1.97 bits per heavy atom. The minimum Gasteiger partial charge on any atom is -0.399 e. The molecule has 0 aliphatic carbocycles. The van der Waals surface area contributed by atoms with Crippen LogP contribution in [0.15, 0.2) is 59.4 Å². The molecule has 0 spiro atoms. The molecule has 166 valence electrons. The van der Waals surface area contributed by atoms with Crippen LogP contribution in [0.2, 0.25) is 5.15 Å². The fourth-order valence-corrected chi connectivity index (χ4v) is 3.57. The summed E-state index contributed by atoms with van der Waals surface area (Å²) in [4.78, 5) is 17.5. The number of hydrogen-bond acceptors (Lipinski definition) is 5. The SMILES string of the molecule is CC(C)Nc1nc(Cl)c(-c2cccc(N)c2)n(CCC=Cc2ccc(C(=N)N)cc2)c1=O. The number of rotatable bonds is 8. The monoisotopic (exact) mass is 450 g/mol. The predicted octanol–water partition coefficient (Wildman–Crippen LogP) is 4.35. The number of benzene rings is 2. The Hall–Kier alpha value is -3.58. The fourth-order valence-electron chi connectivity index (χ4n) is 3.28. The highest BCUT2D eigenvalue weighted by Crippen LogP contribution is 2.28. The summed E-state index contributed by atoms with van der Waals surface area (Å²) in [6, 6.07) is 14.7. The van der Waals surface area contributed by atoms with E-state index in [4.69, 9.17) is 28.5 Å². The van der Waals surface area contributed by atoms with Crippen molar-refractivity contribution in [1.82, 2.24) is 9.55 Å². The number of hydrogen-bond donors (Lipinski definition) is 4. The largest absolute Gasteiger partial charge is 0.399 e. The molecule has 0 atom stereocenters. The number of amidine groups is 1. The normalized spacial score (nSPS) is 11.2. The zero-order valence-electron chi connectivity index (χ0n) is 18.1. The van der Waals surface area contributed by atoms with Gasteiger partial charge in [-0.05, 0) is 38.0 Å². The van der Waals surface area contributed by atoms with Gasteiger partial charge in [0.1, 0.15) is 5.84 Å². The second-order valence-corrected chi connectivity index (χ2v) is 8.07. The van der Waals surface area contributed by atoms with Gasteiger partial charge in [-0.2, -0.15) is 0 Å². The van der Waals surface area contributed by atoms with Crippen molar-refractivity contribution in [2.75, 3.05) is 11.1 Å². The number of nitrogens with two attached hydrogens (primary N) is 2. The van der Waals surface area contributed by atoms with Gasteiger partial charge in [-0.25, -0.2) is 4.98 Å². The van der Waals surface area contributed by atoms with E-state index in [-0.39, 0.29) is 28.4 Å². The Morgan fingerprint density at radius 1 is 1.25 bits per heavy atom. The lowest BCUT2D eigenvalue weighted by Gasteiger charge is -2.17. The van der Waals surface area contributed by atoms with Crippen molar-refractivity contribution in [1.29, 1.82) is 5.41 Å². The smallest absolute Gasteiger partial charge is 0.293 e. The third-order valence-corrected chi connectivity index (χ3v) is 5.02. The number of nitrogens with zero attached hydrogens (tertiary/aromatic N) is 2. The summed E-state index contributed by atoms with van der Waals surface area (Å²) in [5.74, 6) is 0.260. The Bertz CT molecular complexity index is 1200. The van der Waals surface area contributed by atoms with Crippen LogP contribution in [-0.2, 0) is 6.54 Å². The first-order valence-corrected chi connectivity index (χ1v) is 10.7. The van der Waals surface area contributed by atoms with Gasteiger partial charge < -0.3 is 21.4 Å². The number of nitrogens with one attached hydrogen (secondary N) is 2. The summed E-state index contributed by atoms with van der Waals surface area (Å²) in [6.45, 7) is 4.29. The van der Waals surface area contributed by atoms with Crippen molar-refractivity contribution >= 4 is 35.0 Å². The van der Waals surface area contributed by atoms with Crippen LogP contribution in [0, 0.1) is 5.41 Å². The van der Waals surface area contributed by atoms with Crippen molar-refractivity contribution in [2.24, 2.45) is 5.73 Å². The molecule has 1 heterocycles. The van der Waals surface area contributed by atoms with Crippen LogP contribution >= 0.6 is 11.6 Å². The van der Waals surface area contributed by atoms with Crippen molar-refractivity contribution in [3.8, 4) is 11.3 Å². The summed E-state index contributed by atoms with van der Waals surface area (Å²) in [5.41, 5.74) is 14.7. The lowest BCUT2D eigenvalue weighted by molar-refractivity contribution is 0.682. The van der Waals surface area contributed by atoms with E-state index in [2.05, 4.69) is 10.3 Å². The summed E-state index contributed by atoms with van der Waals surface area (Å²) in [7, 11) is 0. The lowest BCUT2D eigenvalue weighted by atomic mass is 10.1. The molecule has 0 saturated heterocycles. The molecule has 0 aliphatic rings. The number of nitrogen functional groups attached to an aromatic ring is 2. The van der Waals surface area contributed by atoms with Crippen molar-refractivity contribution in [3.63, 3.8) is 0 Å². The molecule has 3 aromatic rings. The molecule has 0 fully saturated rings. The van der Waals surface area contributed by atoms with Crippen molar-refractivity contribution < 1.29 is 0 Å². The van der Waals surface area contributed by atoms with Gasteiger partial charge in [0.05, 0.1) is 5.69 Å². The third kappa shape index (κ3) is 5.56. The highest BCUT2D eigenvalue weighted by atomic mass is 35.5. The van der Waals surface area contributed by atoms with E-state index in [1.807, 2.05) is 50.3 Å². The highest BCUT2D eigenvalue weighted by Gasteiger charge is 2.17. The van der Waals surface area contributed by atoms with E-state index in [1.54, 1.807) is 28.8 Å². The molecular weight excluding hydrogens is 424 g/mol. The lowest BCUT2D eigenvalue weighted by Crippen LogP contribution is -2.29.